The van der Waals surface area contributed by atoms with E-state index in [1.807, 2.05) is 29.2 Å². The quantitative estimate of drug-likeness (QED) is 0.386. The van der Waals surface area contributed by atoms with Crippen LogP contribution in [0.3, 0.4) is 0 Å². The molecular formula is C20H17N5O4. The minimum Gasteiger partial charge on any atom is -0.330 e. The van der Waals surface area contributed by atoms with Gasteiger partial charge in [0.1, 0.15) is 6.04 Å². The minimum absolute atomic E-state index is 0.0546. The summed E-state index contributed by atoms with van der Waals surface area (Å²) in [6, 6.07) is 12.6. The van der Waals surface area contributed by atoms with Crippen molar-refractivity contribution in [1.82, 2.24) is 9.55 Å². The number of hydrogen-bond acceptors (Lipinski definition) is 6. The van der Waals surface area contributed by atoms with Crippen LogP contribution in [0.15, 0.2) is 48.5 Å². The van der Waals surface area contributed by atoms with Gasteiger partial charge in [-0.15, -0.1) is 0 Å². The lowest BCUT2D eigenvalue weighted by molar-refractivity contribution is -0.384. The Morgan fingerprint density at radius 2 is 1.79 bits per heavy atom. The number of carbonyl (C=O) groups excluding carboxylic acids is 2. The van der Waals surface area contributed by atoms with Gasteiger partial charge in [0.05, 0.1) is 28.1 Å². The number of nitro benzene ring substituents is 1. The highest BCUT2D eigenvalue weighted by Gasteiger charge is 2.44. The van der Waals surface area contributed by atoms with E-state index in [2.05, 4.69) is 4.57 Å². The molecule has 9 nitrogen and oxygen atoms in total. The number of carbonyl (C=O) groups is 2. The number of nitro groups is 1. The van der Waals surface area contributed by atoms with E-state index in [0.29, 0.717) is 18.2 Å². The standard InChI is InChI=1S/C20H17N5O4/c26-18-12-17(19(27)24(18)13-6-8-14(9-7-13)25(28)29)23-11-3-10-22-16-5-2-1-4-15(16)21-20(22)23/h1-2,4-9,17H,3,10-12H2. The van der Waals surface area contributed by atoms with E-state index in [1.165, 1.54) is 24.3 Å². The molecule has 0 N–H and O–H groups in total. The Hall–Kier alpha value is -3.75. The first kappa shape index (κ1) is 17.4. The first-order valence-electron chi connectivity index (χ1n) is 9.38. The van der Waals surface area contributed by atoms with Crippen molar-refractivity contribution in [2.45, 2.75) is 25.4 Å². The Kier molecular flexibility index (Phi) is 3.83. The fourth-order valence-corrected chi connectivity index (χ4v) is 4.15. The van der Waals surface area contributed by atoms with E-state index in [-0.39, 0.29) is 23.9 Å². The van der Waals surface area contributed by atoms with Crippen molar-refractivity contribution in [3.05, 3.63) is 58.6 Å². The molecule has 2 aromatic carbocycles. The molecule has 2 aliphatic heterocycles. The monoisotopic (exact) mass is 391 g/mol. The zero-order valence-corrected chi connectivity index (χ0v) is 15.4. The molecule has 0 saturated carbocycles. The fraction of sp³-hybridized carbons (Fsp3) is 0.250. The van der Waals surface area contributed by atoms with Gasteiger partial charge in [0, 0.05) is 25.2 Å². The van der Waals surface area contributed by atoms with E-state index >= 15 is 0 Å². The Balaban J connectivity index is 1.48. The molecule has 0 aliphatic carbocycles. The highest BCUT2D eigenvalue weighted by Crippen LogP contribution is 2.33. The summed E-state index contributed by atoms with van der Waals surface area (Å²) >= 11 is 0. The molecule has 3 heterocycles. The fourth-order valence-electron chi connectivity index (χ4n) is 4.15. The lowest BCUT2D eigenvalue weighted by Crippen LogP contribution is -2.46. The average Bonchev–Trinajstić information content (AvgIpc) is 3.25. The zero-order chi connectivity index (χ0) is 20.1. The first-order chi connectivity index (χ1) is 14.0. The van der Waals surface area contributed by atoms with Crippen LogP contribution in [0, 0.1) is 10.1 Å². The molecule has 1 aromatic heterocycles. The number of hydrogen-bond donors (Lipinski definition) is 0. The highest BCUT2D eigenvalue weighted by atomic mass is 16.6. The van der Waals surface area contributed by atoms with Gasteiger partial charge in [-0.1, -0.05) is 12.1 Å². The summed E-state index contributed by atoms with van der Waals surface area (Å²) in [5.74, 6) is 0.0561. The lowest BCUT2D eigenvalue weighted by atomic mass is 10.2. The molecule has 146 valence electrons. The molecule has 1 saturated heterocycles. The summed E-state index contributed by atoms with van der Waals surface area (Å²) in [6.45, 7) is 1.45. The highest BCUT2D eigenvalue weighted by molar-refractivity contribution is 6.23. The second kappa shape index (κ2) is 6.40. The molecule has 1 unspecified atom stereocenters. The lowest BCUT2D eigenvalue weighted by Gasteiger charge is -2.32. The predicted octanol–water partition coefficient (Wildman–Crippen LogP) is 2.49. The Bertz CT molecular complexity index is 1150. The van der Waals surface area contributed by atoms with Gasteiger partial charge in [-0.3, -0.25) is 19.7 Å². The smallest absolute Gasteiger partial charge is 0.269 e. The number of anilines is 2. The topological polar surface area (TPSA) is 102 Å². The molecule has 1 atom stereocenters. The zero-order valence-electron chi connectivity index (χ0n) is 15.4. The molecule has 5 rings (SSSR count). The van der Waals surface area contributed by atoms with Crippen molar-refractivity contribution >= 4 is 40.2 Å². The Morgan fingerprint density at radius 3 is 2.55 bits per heavy atom. The van der Waals surface area contributed by atoms with Crippen LogP contribution in [0.25, 0.3) is 11.0 Å². The van der Waals surface area contributed by atoms with Crippen LogP contribution in [-0.2, 0) is 16.1 Å². The summed E-state index contributed by atoms with van der Waals surface area (Å²) < 4.78 is 2.09. The summed E-state index contributed by atoms with van der Waals surface area (Å²) in [5, 5.41) is 10.9. The van der Waals surface area contributed by atoms with E-state index in [9.17, 15) is 19.7 Å². The first-order valence-corrected chi connectivity index (χ1v) is 9.38. The maximum atomic E-state index is 13.2. The normalized spacial score (nSPS) is 19.1. The van der Waals surface area contributed by atoms with E-state index in [4.69, 9.17) is 4.98 Å². The number of benzene rings is 2. The SMILES string of the molecule is O=C1CC(N2CCCn3c2nc2ccccc23)C(=O)N1c1ccc([N+](=O)[O-])cc1. The van der Waals surface area contributed by atoms with Crippen LogP contribution in [-0.4, -0.2) is 38.9 Å². The largest absolute Gasteiger partial charge is 0.330 e. The molecule has 2 amide bonds. The number of non-ortho nitro benzene ring substituents is 1. The molecule has 1 fully saturated rings. The maximum absolute atomic E-state index is 13.2. The van der Waals surface area contributed by atoms with E-state index < -0.39 is 11.0 Å². The van der Waals surface area contributed by atoms with Crippen molar-refractivity contribution in [1.29, 1.82) is 0 Å². The van der Waals surface area contributed by atoms with Gasteiger partial charge < -0.3 is 9.47 Å². The van der Waals surface area contributed by atoms with Crippen molar-refractivity contribution in [2.75, 3.05) is 16.3 Å². The number of imide groups is 1. The number of fused-ring (bicyclic) bond motifs is 3. The summed E-state index contributed by atoms with van der Waals surface area (Å²) in [6.07, 6.45) is 0.905. The number of aromatic nitrogens is 2. The molecular weight excluding hydrogens is 374 g/mol. The van der Waals surface area contributed by atoms with Gasteiger partial charge in [-0.2, -0.15) is 0 Å². The number of imidazole rings is 1. The third-order valence-corrected chi connectivity index (χ3v) is 5.49. The third kappa shape index (κ3) is 2.65. The predicted molar refractivity (Wildman–Crippen MR) is 106 cm³/mol. The molecule has 2 aliphatic rings. The second-order valence-electron chi connectivity index (χ2n) is 7.16. The molecule has 0 spiro atoms. The molecule has 0 radical (unpaired) electrons. The van der Waals surface area contributed by atoms with E-state index in [0.717, 1.165) is 28.9 Å². The molecule has 9 heteroatoms. The van der Waals surface area contributed by atoms with Gasteiger partial charge in [-0.05, 0) is 30.7 Å². The number of rotatable bonds is 3. The van der Waals surface area contributed by atoms with Gasteiger partial charge in [0.2, 0.25) is 11.9 Å². The molecule has 0 bridgehead atoms. The number of aryl methyl sites for hydroxylation is 1. The molecule has 3 aromatic rings. The summed E-state index contributed by atoms with van der Waals surface area (Å²) in [7, 11) is 0. The number of amides is 2. The average molecular weight is 391 g/mol. The van der Waals surface area contributed by atoms with Crippen LogP contribution in [0.4, 0.5) is 17.3 Å². The van der Waals surface area contributed by atoms with Crippen molar-refractivity contribution < 1.29 is 14.5 Å². The van der Waals surface area contributed by atoms with Crippen molar-refractivity contribution in [3.63, 3.8) is 0 Å². The van der Waals surface area contributed by atoms with E-state index in [1.54, 1.807) is 0 Å². The van der Waals surface area contributed by atoms with Crippen LogP contribution in [0.5, 0.6) is 0 Å². The van der Waals surface area contributed by atoms with Crippen LogP contribution in [0.2, 0.25) is 0 Å². The summed E-state index contributed by atoms with van der Waals surface area (Å²) in [4.78, 5) is 43.9. The number of para-hydroxylation sites is 2. The van der Waals surface area contributed by atoms with Gasteiger partial charge >= 0.3 is 0 Å². The van der Waals surface area contributed by atoms with Gasteiger partial charge in [0.25, 0.3) is 11.6 Å². The third-order valence-electron chi connectivity index (χ3n) is 5.49. The summed E-state index contributed by atoms with van der Waals surface area (Å²) in [5.41, 5.74) is 2.13. The van der Waals surface area contributed by atoms with Crippen molar-refractivity contribution in [2.24, 2.45) is 0 Å². The Labute approximate surface area is 165 Å². The van der Waals surface area contributed by atoms with Gasteiger partial charge in [0.15, 0.2) is 0 Å². The van der Waals surface area contributed by atoms with Crippen molar-refractivity contribution in [3.8, 4) is 0 Å². The molecule has 29 heavy (non-hydrogen) atoms. The maximum Gasteiger partial charge on any atom is 0.269 e. The Morgan fingerprint density at radius 1 is 1.03 bits per heavy atom. The van der Waals surface area contributed by atoms with Crippen LogP contribution >= 0.6 is 0 Å². The van der Waals surface area contributed by atoms with Crippen LogP contribution < -0.4 is 9.80 Å². The minimum atomic E-state index is -0.631. The second-order valence-corrected chi connectivity index (χ2v) is 7.16. The van der Waals surface area contributed by atoms with Gasteiger partial charge in [-0.25, -0.2) is 9.88 Å². The number of nitrogens with zero attached hydrogens (tertiary/aromatic N) is 5. The van der Waals surface area contributed by atoms with Crippen LogP contribution in [0.1, 0.15) is 12.8 Å².